The van der Waals surface area contributed by atoms with Crippen molar-refractivity contribution in [1.29, 1.82) is 0 Å². The summed E-state index contributed by atoms with van der Waals surface area (Å²) in [4.78, 5) is 42.9. The van der Waals surface area contributed by atoms with Gasteiger partial charge >= 0.3 is 0 Å². The average molecular weight is 455 g/mol. The number of aromatic nitrogens is 1. The van der Waals surface area contributed by atoms with Crippen LogP contribution in [0, 0.1) is 5.92 Å². The maximum Gasteiger partial charge on any atom is 0.258 e. The number of fused-ring (bicyclic) bond motifs is 5. The summed E-state index contributed by atoms with van der Waals surface area (Å²) < 4.78 is 1.86. The highest BCUT2D eigenvalue weighted by atomic mass is 16.2. The van der Waals surface area contributed by atoms with Crippen molar-refractivity contribution >= 4 is 17.5 Å². The third kappa shape index (κ3) is 3.48. The Hall–Kier alpha value is -3.87. The molecule has 3 aromatic rings. The number of hydrogen-bond acceptors (Lipinski definition) is 4. The van der Waals surface area contributed by atoms with E-state index in [1.807, 2.05) is 64.1 Å². The molecule has 4 heterocycles. The van der Waals surface area contributed by atoms with Gasteiger partial charge in [0.15, 0.2) is 0 Å². The quantitative estimate of drug-likeness (QED) is 0.660. The number of carbonyl (C=O) groups excluding carboxylic acids is 2. The smallest absolute Gasteiger partial charge is 0.258 e. The first kappa shape index (κ1) is 20.7. The molecule has 7 heteroatoms. The van der Waals surface area contributed by atoms with Crippen LogP contribution in [0.2, 0.25) is 0 Å². The normalized spacial score (nSPS) is 23.1. The van der Waals surface area contributed by atoms with Gasteiger partial charge in [0.1, 0.15) is 12.7 Å². The van der Waals surface area contributed by atoms with Gasteiger partial charge in [0, 0.05) is 43.0 Å². The van der Waals surface area contributed by atoms with Crippen molar-refractivity contribution in [2.45, 2.75) is 25.0 Å². The third-order valence-corrected chi connectivity index (χ3v) is 7.28. The summed E-state index contributed by atoms with van der Waals surface area (Å²) in [6, 6.07) is 22.6. The molecule has 0 saturated carbocycles. The van der Waals surface area contributed by atoms with E-state index >= 15 is 0 Å². The Balaban J connectivity index is 1.27. The molecule has 2 amide bonds. The van der Waals surface area contributed by atoms with Gasteiger partial charge in [-0.25, -0.2) is 0 Å². The predicted octanol–water partition coefficient (Wildman–Crippen LogP) is 3.06. The zero-order chi connectivity index (χ0) is 23.2. The highest BCUT2D eigenvalue weighted by Crippen LogP contribution is 2.36. The highest BCUT2D eigenvalue weighted by Gasteiger charge is 2.39. The molecule has 0 aliphatic carbocycles. The van der Waals surface area contributed by atoms with Crippen LogP contribution < -0.4 is 10.9 Å². The van der Waals surface area contributed by atoms with Gasteiger partial charge in [0.2, 0.25) is 5.91 Å². The lowest BCUT2D eigenvalue weighted by molar-refractivity contribution is -0.135. The molecule has 1 fully saturated rings. The Morgan fingerprint density at radius 1 is 0.882 bits per heavy atom. The number of benzene rings is 2. The topological polar surface area (TPSA) is 74.7 Å². The number of nitrogens with zero attached hydrogens (tertiary/aromatic N) is 3. The van der Waals surface area contributed by atoms with Crippen LogP contribution in [-0.2, 0) is 11.3 Å². The third-order valence-electron chi connectivity index (χ3n) is 7.28. The zero-order valence-corrected chi connectivity index (χ0v) is 18.8. The van der Waals surface area contributed by atoms with Crippen molar-refractivity contribution in [3.63, 3.8) is 0 Å². The molecule has 172 valence electrons. The summed E-state index contributed by atoms with van der Waals surface area (Å²) >= 11 is 0. The van der Waals surface area contributed by atoms with E-state index in [4.69, 9.17) is 0 Å². The number of rotatable bonds is 3. The molecular weight excluding hydrogens is 428 g/mol. The maximum atomic E-state index is 13.5. The SMILES string of the molecule is O=C(CN1C(=O)c2ccccc2N[C@H]1c1ccccc1)N1C[C@@H]2C[C@H](C1)c1cccc(=O)n1C2. The van der Waals surface area contributed by atoms with E-state index < -0.39 is 6.17 Å². The molecule has 3 aliphatic rings. The number of pyridine rings is 1. The summed E-state index contributed by atoms with van der Waals surface area (Å²) in [7, 11) is 0. The molecule has 2 bridgehead atoms. The number of piperidine rings is 1. The lowest BCUT2D eigenvalue weighted by Gasteiger charge is -2.44. The first-order valence-electron chi connectivity index (χ1n) is 11.8. The molecule has 6 rings (SSSR count). The van der Waals surface area contributed by atoms with Crippen LogP contribution in [0.5, 0.6) is 0 Å². The van der Waals surface area contributed by atoms with Crippen molar-refractivity contribution < 1.29 is 9.59 Å². The van der Waals surface area contributed by atoms with Gasteiger partial charge in [-0.3, -0.25) is 14.4 Å². The zero-order valence-electron chi connectivity index (χ0n) is 18.8. The Bertz CT molecular complexity index is 1320. The first-order chi connectivity index (χ1) is 16.6. The van der Waals surface area contributed by atoms with Crippen molar-refractivity contribution in [2.75, 3.05) is 25.0 Å². The Morgan fingerprint density at radius 2 is 1.68 bits per heavy atom. The molecule has 1 saturated heterocycles. The van der Waals surface area contributed by atoms with Crippen molar-refractivity contribution in [1.82, 2.24) is 14.4 Å². The fourth-order valence-corrected chi connectivity index (χ4v) is 5.70. The van der Waals surface area contributed by atoms with Crippen LogP contribution in [0.25, 0.3) is 0 Å². The number of hydrogen-bond donors (Lipinski definition) is 1. The molecule has 7 nitrogen and oxygen atoms in total. The highest BCUT2D eigenvalue weighted by molar-refractivity contribution is 6.03. The molecule has 3 aliphatic heterocycles. The minimum atomic E-state index is -0.420. The van der Waals surface area contributed by atoms with Gasteiger partial charge in [-0.1, -0.05) is 48.5 Å². The van der Waals surface area contributed by atoms with Crippen molar-refractivity contribution in [2.24, 2.45) is 5.92 Å². The maximum absolute atomic E-state index is 13.5. The molecule has 0 spiro atoms. The largest absolute Gasteiger partial charge is 0.361 e. The molecule has 2 aromatic carbocycles. The minimum absolute atomic E-state index is 0.000758. The van der Waals surface area contributed by atoms with Gasteiger partial charge < -0.3 is 19.7 Å². The summed E-state index contributed by atoms with van der Waals surface area (Å²) in [5.41, 5.74) is 3.32. The molecular formula is C27H26N4O3. The Morgan fingerprint density at radius 3 is 2.53 bits per heavy atom. The number of carbonyl (C=O) groups is 2. The van der Waals surface area contributed by atoms with Gasteiger partial charge in [0.05, 0.1) is 5.56 Å². The number of anilines is 1. The second kappa shape index (κ2) is 8.17. The monoisotopic (exact) mass is 454 g/mol. The van der Waals surface area contributed by atoms with Gasteiger partial charge in [-0.2, -0.15) is 0 Å². The van der Waals surface area contributed by atoms with E-state index in [1.54, 1.807) is 23.1 Å². The molecule has 0 radical (unpaired) electrons. The van der Waals surface area contributed by atoms with Gasteiger partial charge in [-0.15, -0.1) is 0 Å². The molecule has 1 aromatic heterocycles. The first-order valence-corrected chi connectivity index (χ1v) is 11.8. The Kier molecular flexibility index (Phi) is 4.98. The molecule has 0 unspecified atom stereocenters. The fraction of sp³-hybridized carbons (Fsp3) is 0.296. The standard InChI is InChI=1S/C27H26N4O3/c32-24-12-6-11-23-20-13-18(15-30(23)24)14-29(16-20)25(33)17-31-26(19-7-2-1-3-8-19)28-22-10-5-4-9-21(22)27(31)34/h1-12,18,20,26,28H,13-17H2/t18-,20+,26+/m0/s1. The van der Waals surface area contributed by atoms with Crippen LogP contribution in [-0.4, -0.2) is 45.8 Å². The molecule has 3 atom stereocenters. The van der Waals surface area contributed by atoms with Crippen LogP contribution >= 0.6 is 0 Å². The number of nitrogens with one attached hydrogen (secondary N) is 1. The van der Waals surface area contributed by atoms with Crippen molar-refractivity contribution in [3.05, 3.63) is 100.0 Å². The van der Waals surface area contributed by atoms with E-state index in [1.165, 1.54) is 0 Å². The van der Waals surface area contributed by atoms with Gasteiger partial charge in [-0.05, 0) is 36.1 Å². The Labute approximate surface area is 197 Å². The van der Waals surface area contributed by atoms with E-state index in [0.29, 0.717) is 25.2 Å². The van der Waals surface area contributed by atoms with Crippen LogP contribution in [0.15, 0.2) is 77.6 Å². The van der Waals surface area contributed by atoms with E-state index in [9.17, 15) is 14.4 Å². The average Bonchev–Trinajstić information content (AvgIpc) is 2.86. The number of amides is 2. The lowest BCUT2D eigenvalue weighted by atomic mass is 9.83. The fourth-order valence-electron chi connectivity index (χ4n) is 5.70. The van der Waals surface area contributed by atoms with Gasteiger partial charge in [0.25, 0.3) is 11.5 Å². The molecule has 1 N–H and O–H groups in total. The molecule has 34 heavy (non-hydrogen) atoms. The van der Waals surface area contributed by atoms with E-state index in [-0.39, 0.29) is 35.8 Å². The van der Waals surface area contributed by atoms with Crippen LogP contribution in [0.4, 0.5) is 5.69 Å². The summed E-state index contributed by atoms with van der Waals surface area (Å²) in [5, 5.41) is 3.46. The predicted molar refractivity (Wildman–Crippen MR) is 128 cm³/mol. The minimum Gasteiger partial charge on any atom is -0.361 e. The van der Waals surface area contributed by atoms with Crippen LogP contribution in [0.1, 0.15) is 40.1 Å². The number of likely N-dealkylation sites (tertiary alicyclic amines) is 1. The lowest BCUT2D eigenvalue weighted by Crippen LogP contribution is -2.53. The van der Waals surface area contributed by atoms with Crippen LogP contribution in [0.3, 0.4) is 0 Å². The second-order valence-corrected chi connectivity index (χ2v) is 9.43. The van der Waals surface area contributed by atoms with E-state index in [0.717, 1.165) is 23.4 Å². The summed E-state index contributed by atoms with van der Waals surface area (Å²) in [6.07, 6.45) is 0.563. The second-order valence-electron chi connectivity index (χ2n) is 9.43. The summed E-state index contributed by atoms with van der Waals surface area (Å²) in [5.74, 6) is 0.185. The van der Waals surface area contributed by atoms with E-state index in [2.05, 4.69) is 5.32 Å². The number of para-hydroxylation sites is 1. The summed E-state index contributed by atoms with van der Waals surface area (Å²) in [6.45, 7) is 1.82. The van der Waals surface area contributed by atoms with Crippen molar-refractivity contribution in [3.8, 4) is 0 Å².